The van der Waals surface area contributed by atoms with Crippen molar-refractivity contribution in [3.05, 3.63) is 12.3 Å². The summed E-state index contributed by atoms with van der Waals surface area (Å²) in [4.78, 5) is 8.47. The monoisotopic (exact) mass is 266 g/mol. The fraction of sp³-hybridized carbons (Fsp3) is 0.714. The van der Waals surface area contributed by atoms with Crippen LogP contribution in [0.3, 0.4) is 0 Å². The fourth-order valence-electron chi connectivity index (χ4n) is 1.78. The van der Waals surface area contributed by atoms with E-state index in [0.29, 0.717) is 12.5 Å². The topological polar surface area (TPSA) is 70.1 Å². The molecule has 108 valence electrons. The average Bonchev–Trinajstić information content (AvgIpc) is 2.32. The predicted octanol–water partition coefficient (Wildman–Crippen LogP) is 2.51. The van der Waals surface area contributed by atoms with Gasteiger partial charge in [-0.2, -0.15) is 4.98 Å². The van der Waals surface area contributed by atoms with Gasteiger partial charge in [0.15, 0.2) is 0 Å². The minimum atomic E-state index is -0.373. The van der Waals surface area contributed by atoms with Gasteiger partial charge in [-0.05, 0) is 24.3 Å². The molecule has 19 heavy (non-hydrogen) atoms. The van der Waals surface area contributed by atoms with Crippen molar-refractivity contribution in [3.8, 4) is 0 Å². The predicted molar refractivity (Wildman–Crippen MR) is 79.4 cm³/mol. The zero-order chi connectivity index (χ0) is 14.3. The van der Waals surface area contributed by atoms with E-state index < -0.39 is 0 Å². The van der Waals surface area contributed by atoms with Crippen LogP contribution in [0.5, 0.6) is 0 Å². The number of rotatable bonds is 7. The summed E-state index contributed by atoms with van der Waals surface area (Å²) in [6.45, 7) is 9.81. The van der Waals surface area contributed by atoms with E-state index >= 15 is 0 Å². The van der Waals surface area contributed by atoms with Crippen molar-refractivity contribution in [2.24, 2.45) is 5.41 Å². The first-order valence-corrected chi connectivity index (χ1v) is 6.89. The first-order valence-electron chi connectivity index (χ1n) is 6.89. The minimum absolute atomic E-state index is 0.126. The van der Waals surface area contributed by atoms with E-state index in [-0.39, 0.29) is 11.5 Å². The molecule has 0 aliphatic carbocycles. The van der Waals surface area contributed by atoms with E-state index in [0.717, 1.165) is 25.2 Å². The maximum absolute atomic E-state index is 9.94. The van der Waals surface area contributed by atoms with Crippen LogP contribution in [0.2, 0.25) is 0 Å². The summed E-state index contributed by atoms with van der Waals surface area (Å²) in [5, 5.41) is 16.2. The summed E-state index contributed by atoms with van der Waals surface area (Å²) < 4.78 is 0. The Morgan fingerprint density at radius 1 is 1.32 bits per heavy atom. The van der Waals surface area contributed by atoms with Gasteiger partial charge < -0.3 is 15.7 Å². The molecule has 5 heteroatoms. The Morgan fingerprint density at radius 3 is 2.68 bits per heavy atom. The van der Waals surface area contributed by atoms with Gasteiger partial charge in [-0.1, -0.05) is 27.7 Å². The lowest BCUT2D eigenvalue weighted by Crippen LogP contribution is -2.25. The molecule has 1 aromatic rings. The number of aromatic nitrogens is 2. The zero-order valence-corrected chi connectivity index (χ0v) is 12.4. The van der Waals surface area contributed by atoms with Crippen LogP contribution in [0.25, 0.3) is 0 Å². The van der Waals surface area contributed by atoms with Gasteiger partial charge in [0.2, 0.25) is 5.95 Å². The van der Waals surface area contributed by atoms with Gasteiger partial charge in [0.05, 0.1) is 6.10 Å². The molecule has 3 N–H and O–H groups in total. The van der Waals surface area contributed by atoms with Crippen LogP contribution in [0.1, 0.15) is 40.5 Å². The average molecular weight is 266 g/mol. The Bertz CT molecular complexity index is 376. The number of aliphatic hydroxyl groups is 1. The molecule has 0 amide bonds. The van der Waals surface area contributed by atoms with Gasteiger partial charge in [-0.15, -0.1) is 0 Å². The summed E-state index contributed by atoms with van der Waals surface area (Å²) in [6.07, 6.45) is 3.13. The number of nitrogens with zero attached hydrogens (tertiary/aromatic N) is 2. The van der Waals surface area contributed by atoms with Crippen molar-refractivity contribution in [1.82, 2.24) is 9.97 Å². The standard InChI is InChI=1S/C14H26N4O/c1-5-7-15-13-16-8-6-12(18-13)17-10-11(19)9-14(2,3)4/h6,8,11,19H,5,7,9-10H2,1-4H3,(H2,15,16,17,18). The molecule has 1 atom stereocenters. The Morgan fingerprint density at radius 2 is 2.05 bits per heavy atom. The molecule has 5 nitrogen and oxygen atoms in total. The van der Waals surface area contributed by atoms with Crippen molar-refractivity contribution < 1.29 is 5.11 Å². The van der Waals surface area contributed by atoms with Gasteiger partial charge in [0, 0.05) is 19.3 Å². The summed E-state index contributed by atoms with van der Waals surface area (Å²) in [5.41, 5.74) is 0.126. The van der Waals surface area contributed by atoms with E-state index in [2.05, 4.69) is 48.3 Å². The lowest BCUT2D eigenvalue weighted by molar-refractivity contribution is 0.132. The second-order valence-electron chi connectivity index (χ2n) is 5.99. The first-order chi connectivity index (χ1) is 8.90. The van der Waals surface area contributed by atoms with Crippen LogP contribution in [-0.2, 0) is 0 Å². The van der Waals surface area contributed by atoms with Gasteiger partial charge in [-0.25, -0.2) is 4.98 Å². The van der Waals surface area contributed by atoms with Gasteiger partial charge in [-0.3, -0.25) is 0 Å². The Kier molecular flexibility index (Phi) is 6.02. The van der Waals surface area contributed by atoms with Gasteiger partial charge in [0.25, 0.3) is 0 Å². The maximum atomic E-state index is 9.94. The van der Waals surface area contributed by atoms with Crippen LogP contribution in [0.4, 0.5) is 11.8 Å². The molecule has 0 aromatic carbocycles. The van der Waals surface area contributed by atoms with Crippen LogP contribution >= 0.6 is 0 Å². The summed E-state index contributed by atoms with van der Waals surface area (Å²) in [6, 6.07) is 1.81. The number of anilines is 2. The number of hydrogen-bond acceptors (Lipinski definition) is 5. The number of nitrogens with one attached hydrogen (secondary N) is 2. The van der Waals surface area contributed by atoms with Crippen molar-refractivity contribution in [1.29, 1.82) is 0 Å². The smallest absolute Gasteiger partial charge is 0.224 e. The Labute approximate surface area is 115 Å². The lowest BCUT2D eigenvalue weighted by atomic mass is 9.89. The molecular formula is C14H26N4O. The summed E-state index contributed by atoms with van der Waals surface area (Å²) >= 11 is 0. The van der Waals surface area contributed by atoms with E-state index in [1.165, 1.54) is 0 Å². The SMILES string of the molecule is CCCNc1nccc(NCC(O)CC(C)(C)C)n1. The summed E-state index contributed by atoms with van der Waals surface area (Å²) in [7, 11) is 0. The minimum Gasteiger partial charge on any atom is -0.391 e. The van der Waals surface area contributed by atoms with Crippen LogP contribution in [0, 0.1) is 5.41 Å². The Balaban J connectivity index is 2.44. The van der Waals surface area contributed by atoms with E-state index in [4.69, 9.17) is 0 Å². The van der Waals surface area contributed by atoms with Crippen molar-refractivity contribution in [3.63, 3.8) is 0 Å². The van der Waals surface area contributed by atoms with Gasteiger partial charge in [0.1, 0.15) is 5.82 Å². The van der Waals surface area contributed by atoms with E-state index in [1.807, 2.05) is 0 Å². The van der Waals surface area contributed by atoms with Crippen LogP contribution in [-0.4, -0.2) is 34.3 Å². The van der Waals surface area contributed by atoms with Crippen molar-refractivity contribution >= 4 is 11.8 Å². The molecule has 0 saturated carbocycles. The van der Waals surface area contributed by atoms with Crippen molar-refractivity contribution in [2.45, 2.75) is 46.6 Å². The molecule has 1 unspecified atom stereocenters. The van der Waals surface area contributed by atoms with Crippen LogP contribution < -0.4 is 10.6 Å². The third kappa shape index (κ3) is 6.96. The Hall–Kier alpha value is -1.36. The van der Waals surface area contributed by atoms with Crippen LogP contribution in [0.15, 0.2) is 12.3 Å². The molecule has 0 radical (unpaired) electrons. The van der Waals surface area contributed by atoms with Crippen molar-refractivity contribution in [2.75, 3.05) is 23.7 Å². The molecule has 0 saturated heterocycles. The highest BCUT2D eigenvalue weighted by atomic mass is 16.3. The molecule has 0 fully saturated rings. The molecule has 0 spiro atoms. The second kappa shape index (κ2) is 7.28. The van der Waals surface area contributed by atoms with Gasteiger partial charge >= 0.3 is 0 Å². The highest BCUT2D eigenvalue weighted by Crippen LogP contribution is 2.20. The molecule has 0 aliphatic heterocycles. The molecule has 1 rings (SSSR count). The lowest BCUT2D eigenvalue weighted by Gasteiger charge is -2.22. The third-order valence-corrected chi connectivity index (χ3v) is 2.56. The third-order valence-electron chi connectivity index (χ3n) is 2.56. The molecule has 0 bridgehead atoms. The molecular weight excluding hydrogens is 240 g/mol. The maximum Gasteiger partial charge on any atom is 0.224 e. The molecule has 0 aliphatic rings. The largest absolute Gasteiger partial charge is 0.391 e. The van der Waals surface area contributed by atoms with E-state index in [1.54, 1.807) is 12.3 Å². The number of hydrogen-bond donors (Lipinski definition) is 3. The zero-order valence-electron chi connectivity index (χ0n) is 12.4. The normalized spacial score (nSPS) is 13.1. The number of aliphatic hydroxyl groups excluding tert-OH is 1. The quantitative estimate of drug-likeness (QED) is 0.707. The fourth-order valence-corrected chi connectivity index (χ4v) is 1.78. The highest BCUT2D eigenvalue weighted by Gasteiger charge is 2.16. The second-order valence-corrected chi connectivity index (χ2v) is 5.99. The first kappa shape index (κ1) is 15.7. The molecule has 1 aromatic heterocycles. The summed E-state index contributed by atoms with van der Waals surface area (Å²) in [5.74, 6) is 1.36. The van der Waals surface area contributed by atoms with E-state index in [9.17, 15) is 5.11 Å². The molecule has 1 heterocycles. The highest BCUT2D eigenvalue weighted by molar-refractivity contribution is 5.39.